The maximum absolute atomic E-state index is 11.7. The molecule has 1 amide bonds. The van der Waals surface area contributed by atoms with Gasteiger partial charge in [0.25, 0.3) is 0 Å². The van der Waals surface area contributed by atoms with Gasteiger partial charge in [0.15, 0.2) is 0 Å². The lowest BCUT2D eigenvalue weighted by atomic mass is 9.84. The Labute approximate surface area is 92.3 Å². The molecule has 0 unspecified atom stereocenters. The van der Waals surface area contributed by atoms with Crippen LogP contribution in [-0.4, -0.2) is 23.2 Å². The van der Waals surface area contributed by atoms with Gasteiger partial charge in [-0.05, 0) is 25.2 Å². The number of nitrogens with one attached hydrogen (secondary N) is 1. The molecule has 1 aliphatic rings. The number of carbonyl (C=O) groups excluding carboxylic acids is 1. The Balaban J connectivity index is 2.44. The van der Waals surface area contributed by atoms with E-state index >= 15 is 0 Å². The molecule has 0 aromatic heterocycles. The van der Waals surface area contributed by atoms with Gasteiger partial charge in [0.1, 0.15) is 0 Å². The first-order chi connectivity index (χ1) is 6.80. The third-order valence-electron chi connectivity index (χ3n) is 3.14. The van der Waals surface area contributed by atoms with Gasteiger partial charge in [0, 0.05) is 11.5 Å². The second-order valence-electron chi connectivity index (χ2n) is 5.78. The van der Waals surface area contributed by atoms with Gasteiger partial charge in [0.05, 0.1) is 6.10 Å². The summed E-state index contributed by atoms with van der Waals surface area (Å²) < 4.78 is 0. The van der Waals surface area contributed by atoms with Crippen molar-refractivity contribution in [2.45, 2.75) is 59.1 Å². The van der Waals surface area contributed by atoms with Crippen LogP contribution in [0.4, 0.5) is 0 Å². The third kappa shape index (κ3) is 3.49. The molecule has 1 saturated carbocycles. The molecule has 3 nitrogen and oxygen atoms in total. The second-order valence-corrected chi connectivity index (χ2v) is 5.78. The van der Waals surface area contributed by atoms with Crippen molar-refractivity contribution in [2.75, 3.05) is 0 Å². The predicted molar refractivity (Wildman–Crippen MR) is 60.4 cm³/mol. The van der Waals surface area contributed by atoms with Crippen molar-refractivity contribution in [3.05, 3.63) is 0 Å². The molecular formula is C12H23NO2. The monoisotopic (exact) mass is 213 g/mol. The summed E-state index contributed by atoms with van der Waals surface area (Å²) in [6, 6.07) is 0.245. The molecule has 1 fully saturated rings. The number of amides is 1. The van der Waals surface area contributed by atoms with Crippen molar-refractivity contribution in [3.63, 3.8) is 0 Å². The van der Waals surface area contributed by atoms with Crippen molar-refractivity contribution in [3.8, 4) is 0 Å². The van der Waals surface area contributed by atoms with Gasteiger partial charge >= 0.3 is 0 Å². The van der Waals surface area contributed by atoms with Gasteiger partial charge < -0.3 is 10.4 Å². The van der Waals surface area contributed by atoms with Gasteiger partial charge in [-0.2, -0.15) is 0 Å². The van der Waals surface area contributed by atoms with Crippen LogP contribution in [0.5, 0.6) is 0 Å². The largest absolute Gasteiger partial charge is 0.393 e. The Morgan fingerprint density at radius 2 is 1.93 bits per heavy atom. The summed E-state index contributed by atoms with van der Waals surface area (Å²) in [7, 11) is 0. The summed E-state index contributed by atoms with van der Waals surface area (Å²) in [5.41, 5.74) is -0.320. The first-order valence-corrected chi connectivity index (χ1v) is 5.79. The molecule has 2 N–H and O–H groups in total. The zero-order valence-corrected chi connectivity index (χ0v) is 10.2. The lowest BCUT2D eigenvalue weighted by Crippen LogP contribution is -2.45. The molecule has 3 atom stereocenters. The van der Waals surface area contributed by atoms with Gasteiger partial charge in [-0.1, -0.05) is 27.7 Å². The molecule has 1 rings (SSSR count). The van der Waals surface area contributed by atoms with Gasteiger partial charge in [-0.25, -0.2) is 0 Å². The number of aliphatic hydroxyl groups is 1. The first kappa shape index (κ1) is 12.5. The summed E-state index contributed by atoms with van der Waals surface area (Å²) in [6.07, 6.45) is 2.40. The fourth-order valence-corrected chi connectivity index (χ4v) is 1.91. The van der Waals surface area contributed by atoms with Crippen LogP contribution >= 0.6 is 0 Å². The molecule has 0 aromatic rings. The summed E-state index contributed by atoms with van der Waals surface area (Å²) >= 11 is 0. The van der Waals surface area contributed by atoms with Crippen LogP contribution in [0, 0.1) is 11.3 Å². The van der Waals surface area contributed by atoms with Crippen molar-refractivity contribution in [1.82, 2.24) is 5.32 Å². The van der Waals surface area contributed by atoms with E-state index in [9.17, 15) is 9.90 Å². The van der Waals surface area contributed by atoms with Gasteiger partial charge in [-0.3, -0.25) is 4.79 Å². The number of rotatable bonds is 1. The van der Waals surface area contributed by atoms with Crippen molar-refractivity contribution in [1.29, 1.82) is 0 Å². The number of aliphatic hydroxyl groups excluding tert-OH is 1. The molecule has 0 saturated heterocycles. The van der Waals surface area contributed by atoms with E-state index in [1.54, 1.807) is 0 Å². The molecule has 0 aliphatic heterocycles. The predicted octanol–water partition coefficient (Wildman–Crippen LogP) is 1.70. The van der Waals surface area contributed by atoms with Gasteiger partial charge in [-0.15, -0.1) is 0 Å². The quantitative estimate of drug-likeness (QED) is 0.696. The Morgan fingerprint density at radius 1 is 1.33 bits per heavy atom. The van der Waals surface area contributed by atoms with Crippen LogP contribution in [0.25, 0.3) is 0 Å². The summed E-state index contributed by atoms with van der Waals surface area (Å²) in [4.78, 5) is 11.7. The fraction of sp³-hybridized carbons (Fsp3) is 0.917. The van der Waals surface area contributed by atoms with E-state index in [1.807, 2.05) is 27.7 Å². The van der Waals surface area contributed by atoms with Crippen LogP contribution in [0.2, 0.25) is 0 Å². The van der Waals surface area contributed by atoms with E-state index in [2.05, 4.69) is 5.32 Å². The maximum Gasteiger partial charge on any atom is 0.225 e. The highest BCUT2D eigenvalue weighted by molar-refractivity contribution is 5.81. The Morgan fingerprint density at radius 3 is 2.40 bits per heavy atom. The standard InChI is InChI=1S/C12H23NO2/c1-8-7-9(5-6-10(8)14)13-11(15)12(2,3)4/h8-10,14H,5-7H2,1-4H3,(H,13,15)/t8-,9-,10-/m1/s1. The molecule has 0 bridgehead atoms. The zero-order chi connectivity index (χ0) is 11.6. The van der Waals surface area contributed by atoms with Crippen LogP contribution < -0.4 is 5.32 Å². The van der Waals surface area contributed by atoms with Crippen molar-refractivity contribution >= 4 is 5.91 Å². The van der Waals surface area contributed by atoms with E-state index < -0.39 is 0 Å². The Hall–Kier alpha value is -0.570. The van der Waals surface area contributed by atoms with E-state index in [0.717, 1.165) is 19.3 Å². The highest BCUT2D eigenvalue weighted by Crippen LogP contribution is 2.25. The molecule has 0 heterocycles. The molecule has 88 valence electrons. The summed E-state index contributed by atoms with van der Waals surface area (Å²) in [5, 5.41) is 12.6. The smallest absolute Gasteiger partial charge is 0.225 e. The average molecular weight is 213 g/mol. The van der Waals surface area contributed by atoms with E-state index in [-0.39, 0.29) is 23.5 Å². The lowest BCUT2D eigenvalue weighted by molar-refractivity contribution is -0.129. The first-order valence-electron chi connectivity index (χ1n) is 5.79. The molecule has 0 aromatic carbocycles. The average Bonchev–Trinajstić information content (AvgIpc) is 2.10. The van der Waals surface area contributed by atoms with Crippen LogP contribution in [0.1, 0.15) is 47.0 Å². The van der Waals surface area contributed by atoms with E-state index in [4.69, 9.17) is 0 Å². The van der Waals surface area contributed by atoms with Gasteiger partial charge in [0.2, 0.25) is 5.91 Å². The minimum Gasteiger partial charge on any atom is -0.393 e. The summed E-state index contributed by atoms with van der Waals surface area (Å²) in [5.74, 6) is 0.403. The fourth-order valence-electron chi connectivity index (χ4n) is 1.91. The molecule has 0 radical (unpaired) electrons. The van der Waals surface area contributed by atoms with Crippen LogP contribution in [0.15, 0.2) is 0 Å². The molecule has 0 spiro atoms. The molecule has 1 aliphatic carbocycles. The Kier molecular flexibility index (Phi) is 3.77. The van der Waals surface area contributed by atoms with Crippen LogP contribution in [-0.2, 0) is 4.79 Å². The number of hydrogen-bond donors (Lipinski definition) is 2. The SMILES string of the molecule is C[C@@H]1C[C@H](NC(=O)C(C)(C)C)CC[C@H]1O. The van der Waals surface area contributed by atoms with Crippen molar-refractivity contribution in [2.24, 2.45) is 11.3 Å². The number of carbonyl (C=O) groups is 1. The highest BCUT2D eigenvalue weighted by atomic mass is 16.3. The highest BCUT2D eigenvalue weighted by Gasteiger charge is 2.29. The molecule has 3 heteroatoms. The normalized spacial score (nSPS) is 32.5. The van der Waals surface area contributed by atoms with E-state index in [1.165, 1.54) is 0 Å². The topological polar surface area (TPSA) is 49.3 Å². The van der Waals surface area contributed by atoms with Crippen LogP contribution in [0.3, 0.4) is 0 Å². The van der Waals surface area contributed by atoms with E-state index in [0.29, 0.717) is 5.92 Å². The van der Waals surface area contributed by atoms with Crippen molar-refractivity contribution < 1.29 is 9.90 Å². The Bertz CT molecular complexity index is 232. The third-order valence-corrected chi connectivity index (χ3v) is 3.14. The minimum absolute atomic E-state index is 0.107. The minimum atomic E-state index is -0.320. The zero-order valence-electron chi connectivity index (χ0n) is 10.2. The molecular weight excluding hydrogens is 190 g/mol. The number of hydrogen-bond acceptors (Lipinski definition) is 2. The second kappa shape index (κ2) is 4.52. The molecule has 15 heavy (non-hydrogen) atoms. The maximum atomic E-state index is 11.7. The lowest BCUT2D eigenvalue weighted by Gasteiger charge is -2.33. The summed E-state index contributed by atoms with van der Waals surface area (Å²) in [6.45, 7) is 7.80.